The number of Topliss-reactive ketones (excluding diaryl/α,β-unsaturated/α-hetero) is 3. The molecule has 0 aromatic carbocycles. The number of primary amides is 2. The van der Waals surface area contributed by atoms with E-state index >= 15 is 0 Å². The van der Waals surface area contributed by atoms with E-state index in [4.69, 9.17) is 11.5 Å². The van der Waals surface area contributed by atoms with Gasteiger partial charge in [-0.25, -0.2) is 0 Å². The highest BCUT2D eigenvalue weighted by Gasteiger charge is 2.32. The molecule has 0 bridgehead atoms. The van der Waals surface area contributed by atoms with Gasteiger partial charge in [0.15, 0.2) is 17.3 Å². The van der Waals surface area contributed by atoms with Crippen molar-refractivity contribution >= 4 is 52.9 Å². The number of carboxylic acid groups (broad SMARTS) is 1. The Morgan fingerprint density at radius 2 is 1.02 bits per heavy atom. The third-order valence-electron chi connectivity index (χ3n) is 9.66. The van der Waals surface area contributed by atoms with Gasteiger partial charge in [-0.1, -0.05) is 97.8 Å². The van der Waals surface area contributed by atoms with Gasteiger partial charge < -0.3 is 32.5 Å². The van der Waals surface area contributed by atoms with Crippen molar-refractivity contribution in [1.82, 2.24) is 16.0 Å². The van der Waals surface area contributed by atoms with E-state index in [9.17, 15) is 48.3 Å². The Labute approximate surface area is 327 Å². The smallest absolute Gasteiger partial charge is 0.303 e. The van der Waals surface area contributed by atoms with Crippen LogP contribution in [0.2, 0.25) is 0 Å². The maximum Gasteiger partial charge on any atom is 0.303 e. The predicted molar refractivity (Wildman–Crippen MR) is 208 cm³/mol. The van der Waals surface area contributed by atoms with Crippen LogP contribution in [-0.2, 0) is 43.2 Å². The molecule has 314 valence electrons. The number of hydrogen-bond donors (Lipinski definition) is 6. The molecule has 0 aliphatic rings. The zero-order valence-electron chi connectivity index (χ0n) is 33.7. The van der Waals surface area contributed by atoms with Gasteiger partial charge in [0.2, 0.25) is 29.5 Å². The fraction of sp³-hybridized carbons (Fsp3) is 0.775. The minimum Gasteiger partial charge on any atom is -0.481 e. The van der Waals surface area contributed by atoms with Gasteiger partial charge in [-0.15, -0.1) is 0 Å². The van der Waals surface area contributed by atoms with Crippen LogP contribution in [0.5, 0.6) is 0 Å². The van der Waals surface area contributed by atoms with Crippen molar-refractivity contribution in [2.24, 2.45) is 23.3 Å². The van der Waals surface area contributed by atoms with Crippen molar-refractivity contribution in [1.29, 1.82) is 0 Å². The molecule has 5 amide bonds. The second kappa shape index (κ2) is 30.1. The summed E-state index contributed by atoms with van der Waals surface area (Å²) < 4.78 is 0. The van der Waals surface area contributed by atoms with Gasteiger partial charge in [-0.3, -0.25) is 43.2 Å². The number of rotatable bonds is 35. The molecule has 4 atom stereocenters. The number of hydrogen-bond acceptors (Lipinski definition) is 9. The molecule has 0 heterocycles. The summed E-state index contributed by atoms with van der Waals surface area (Å²) in [7, 11) is 0. The van der Waals surface area contributed by atoms with Crippen molar-refractivity contribution in [3.05, 3.63) is 0 Å². The molecule has 0 aromatic heterocycles. The number of carbonyl (C=O) groups is 9. The van der Waals surface area contributed by atoms with Crippen LogP contribution in [0.1, 0.15) is 169 Å². The van der Waals surface area contributed by atoms with Crippen molar-refractivity contribution in [3.63, 3.8) is 0 Å². The number of amides is 5. The van der Waals surface area contributed by atoms with E-state index in [0.717, 1.165) is 25.7 Å². The Bertz CT molecular complexity index is 1250. The first-order chi connectivity index (χ1) is 26.0. The number of nitrogens with two attached hydrogens (primary N) is 2. The molecular weight excluding hydrogens is 710 g/mol. The second-order valence-electron chi connectivity index (χ2n) is 15.0. The maximum atomic E-state index is 13.4. The van der Waals surface area contributed by atoms with Crippen LogP contribution < -0.4 is 27.4 Å². The minimum atomic E-state index is -1.30. The van der Waals surface area contributed by atoms with Crippen LogP contribution in [0, 0.1) is 11.8 Å². The fourth-order valence-electron chi connectivity index (χ4n) is 6.21. The van der Waals surface area contributed by atoms with Gasteiger partial charge in [-0.05, 0) is 32.1 Å². The van der Waals surface area contributed by atoms with Crippen LogP contribution in [-0.4, -0.2) is 76.1 Å². The van der Waals surface area contributed by atoms with E-state index in [1.165, 1.54) is 58.3 Å². The molecule has 0 saturated heterocycles. The number of nitrogens with one attached hydrogen (secondary N) is 3. The molecule has 0 rings (SSSR count). The lowest BCUT2D eigenvalue weighted by Gasteiger charge is -2.25. The molecule has 0 saturated carbocycles. The minimum absolute atomic E-state index is 0.0192. The van der Waals surface area contributed by atoms with Crippen molar-refractivity contribution in [3.8, 4) is 0 Å². The lowest BCUT2D eigenvalue weighted by Crippen LogP contribution is -2.47. The van der Waals surface area contributed by atoms with E-state index in [1.54, 1.807) is 13.8 Å². The summed E-state index contributed by atoms with van der Waals surface area (Å²) >= 11 is 0. The summed E-state index contributed by atoms with van der Waals surface area (Å²) in [6.07, 6.45) is 12.6. The number of unbranched alkanes of at least 4 members (excludes halogenated alkanes) is 12. The molecule has 0 unspecified atom stereocenters. The first kappa shape index (κ1) is 50.8. The van der Waals surface area contributed by atoms with Crippen LogP contribution in [0.25, 0.3) is 0 Å². The first-order valence-corrected chi connectivity index (χ1v) is 20.2. The average molecular weight is 780 g/mol. The van der Waals surface area contributed by atoms with E-state index in [1.807, 2.05) is 0 Å². The summed E-state index contributed by atoms with van der Waals surface area (Å²) in [6.45, 7) is 6.82. The molecule has 0 radical (unpaired) electrons. The Morgan fingerprint density at radius 1 is 0.527 bits per heavy atom. The largest absolute Gasteiger partial charge is 0.481 e. The predicted octanol–water partition coefficient (Wildman–Crippen LogP) is 4.10. The van der Waals surface area contributed by atoms with Gasteiger partial charge in [-0.2, -0.15) is 0 Å². The third kappa shape index (κ3) is 26.3. The lowest BCUT2D eigenvalue weighted by atomic mass is 9.86. The summed E-state index contributed by atoms with van der Waals surface area (Å²) in [6, 6.07) is -3.53. The highest BCUT2D eigenvalue weighted by molar-refractivity contribution is 5.97. The van der Waals surface area contributed by atoms with E-state index in [-0.39, 0.29) is 32.1 Å². The highest BCUT2D eigenvalue weighted by atomic mass is 16.4. The number of aliphatic carboxylic acids is 1. The quantitative estimate of drug-likeness (QED) is 0.0502. The van der Waals surface area contributed by atoms with Gasteiger partial charge in [0.1, 0.15) is 0 Å². The van der Waals surface area contributed by atoms with Gasteiger partial charge in [0.25, 0.3) is 0 Å². The van der Waals surface area contributed by atoms with E-state index in [0.29, 0.717) is 6.42 Å². The Hall–Kier alpha value is -4.17. The highest BCUT2D eigenvalue weighted by Crippen LogP contribution is 2.20. The van der Waals surface area contributed by atoms with Crippen LogP contribution in [0.4, 0.5) is 0 Å². The van der Waals surface area contributed by atoms with Gasteiger partial charge in [0.05, 0.1) is 24.5 Å². The maximum absolute atomic E-state index is 13.4. The van der Waals surface area contributed by atoms with E-state index in [2.05, 4.69) is 22.9 Å². The Kier molecular flexibility index (Phi) is 27.8. The zero-order valence-corrected chi connectivity index (χ0v) is 33.7. The fourth-order valence-corrected chi connectivity index (χ4v) is 6.21. The topological polar surface area (TPSA) is 262 Å². The number of carbonyl (C=O) groups excluding carboxylic acids is 8. The van der Waals surface area contributed by atoms with E-state index < -0.39 is 108 Å². The van der Waals surface area contributed by atoms with Crippen molar-refractivity contribution in [2.45, 2.75) is 187 Å². The molecular formula is C40H69N5O10. The molecule has 0 fully saturated rings. The Morgan fingerprint density at radius 3 is 1.49 bits per heavy atom. The molecule has 15 nitrogen and oxygen atoms in total. The first-order valence-electron chi connectivity index (χ1n) is 20.2. The summed E-state index contributed by atoms with van der Waals surface area (Å²) in [5, 5.41) is 16.8. The van der Waals surface area contributed by atoms with Crippen LogP contribution in [0.3, 0.4) is 0 Å². The monoisotopic (exact) mass is 780 g/mol. The van der Waals surface area contributed by atoms with Gasteiger partial charge in [0, 0.05) is 44.4 Å². The Balaban J connectivity index is 5.10. The van der Waals surface area contributed by atoms with Crippen molar-refractivity contribution in [2.75, 3.05) is 0 Å². The summed E-state index contributed by atoms with van der Waals surface area (Å²) in [4.78, 5) is 111. The van der Waals surface area contributed by atoms with Gasteiger partial charge >= 0.3 is 5.97 Å². The third-order valence-corrected chi connectivity index (χ3v) is 9.66. The molecule has 0 aromatic rings. The number of carboxylic acids is 1. The standard InChI is InChI=1S/C40H69N5O10/c1-5-6-7-8-9-10-11-12-13-14-15-16-17-18-37(51)44-32(26-36(42)50)33(47)21-23-38(52)43-31(20-24-39(53)54)34(48)25-29(27(2)3)40(55)45-30(28(4)46)19-22-35(41)49/h27,29-32H,5-26H2,1-4H3,(H2,41,49)(H2,42,50)(H,43,52)(H,44,51)(H,45,55)(H,53,54)/t29-,30-,31-,32-/m0/s1. The number of ketones is 3. The SMILES string of the molecule is CCCCCCCCCCCCCCCC(=O)N[C@@H](CC(N)=O)C(=O)CCC(=O)N[C@@H](CCC(=O)O)C(=O)C[C@H](C(=O)N[C@@H](CCC(N)=O)C(C)=O)C(C)C. The second-order valence-corrected chi connectivity index (χ2v) is 15.0. The molecule has 55 heavy (non-hydrogen) atoms. The summed E-state index contributed by atoms with van der Waals surface area (Å²) in [5.41, 5.74) is 10.5. The van der Waals surface area contributed by atoms with Crippen LogP contribution >= 0.6 is 0 Å². The van der Waals surface area contributed by atoms with Crippen LogP contribution in [0.15, 0.2) is 0 Å². The van der Waals surface area contributed by atoms with Crippen molar-refractivity contribution < 1.29 is 48.3 Å². The molecule has 8 N–H and O–H groups in total. The zero-order chi connectivity index (χ0) is 41.8. The lowest BCUT2D eigenvalue weighted by molar-refractivity contribution is -0.138. The molecule has 0 aliphatic heterocycles. The molecule has 0 spiro atoms. The summed E-state index contributed by atoms with van der Waals surface area (Å²) in [5.74, 6) is -7.45. The average Bonchev–Trinajstić information content (AvgIpc) is 3.10. The molecule has 0 aliphatic carbocycles. The molecule has 15 heteroatoms. The normalized spacial score (nSPS) is 13.3.